The zero-order valence-electron chi connectivity index (χ0n) is 11.1. The van der Waals surface area contributed by atoms with Crippen molar-refractivity contribution < 1.29 is 14.3 Å². The van der Waals surface area contributed by atoms with Gasteiger partial charge >= 0.3 is 0 Å². The molecule has 2 aromatic rings. The van der Waals surface area contributed by atoms with Gasteiger partial charge in [-0.2, -0.15) is 5.10 Å². The average molecular weight is 277 g/mol. The van der Waals surface area contributed by atoms with Gasteiger partial charge in [0.25, 0.3) is 5.91 Å². The fourth-order valence-electron chi connectivity index (χ4n) is 1.85. The molecule has 1 aromatic heterocycles. The molecule has 1 aromatic carbocycles. The molecule has 0 bridgehead atoms. The van der Waals surface area contributed by atoms with E-state index in [1.165, 1.54) is 24.3 Å². The summed E-state index contributed by atoms with van der Waals surface area (Å²) in [6.07, 6.45) is 1.02. The van der Waals surface area contributed by atoms with E-state index < -0.39 is 17.8 Å². The number of aromatic nitrogens is 2. The number of nitrogens with zero attached hydrogens (tertiary/aromatic N) is 2. The van der Waals surface area contributed by atoms with E-state index in [0.717, 1.165) is 5.69 Å². The Morgan fingerprint density at radius 1 is 1.40 bits per heavy atom. The average Bonchev–Trinajstić information content (AvgIpc) is 2.84. The minimum atomic E-state index is -1.29. The van der Waals surface area contributed by atoms with E-state index in [4.69, 9.17) is 0 Å². The van der Waals surface area contributed by atoms with E-state index >= 15 is 0 Å². The van der Waals surface area contributed by atoms with Gasteiger partial charge in [-0.1, -0.05) is 12.1 Å². The third-order valence-electron chi connectivity index (χ3n) is 3.04. The smallest absolute Gasteiger partial charge is 0.253 e. The number of benzene rings is 1. The number of carbonyl (C=O) groups excluding carboxylic acids is 1. The number of rotatable bonds is 5. The third-order valence-corrected chi connectivity index (χ3v) is 3.04. The summed E-state index contributed by atoms with van der Waals surface area (Å²) < 4.78 is 14.5. The fraction of sp³-hybridized carbons (Fsp3) is 0.286. The summed E-state index contributed by atoms with van der Waals surface area (Å²) in [4.78, 5) is 11.8. The van der Waals surface area contributed by atoms with Crippen molar-refractivity contribution in [3.63, 3.8) is 0 Å². The van der Waals surface area contributed by atoms with Crippen LogP contribution in [0.15, 0.2) is 36.5 Å². The summed E-state index contributed by atoms with van der Waals surface area (Å²) in [5.74, 6) is -0.906. The van der Waals surface area contributed by atoms with Crippen LogP contribution < -0.4 is 5.32 Å². The van der Waals surface area contributed by atoms with Crippen LogP contribution >= 0.6 is 0 Å². The highest BCUT2D eigenvalue weighted by atomic mass is 19.1. The van der Waals surface area contributed by atoms with Gasteiger partial charge in [0.2, 0.25) is 0 Å². The second-order valence-electron chi connectivity index (χ2n) is 4.44. The van der Waals surface area contributed by atoms with Crippen molar-refractivity contribution in [2.24, 2.45) is 7.05 Å². The van der Waals surface area contributed by atoms with Gasteiger partial charge in [0.1, 0.15) is 5.82 Å². The van der Waals surface area contributed by atoms with Gasteiger partial charge in [0, 0.05) is 31.9 Å². The van der Waals surface area contributed by atoms with E-state index in [-0.39, 0.29) is 0 Å². The number of carbonyl (C=O) groups is 1. The predicted molar refractivity (Wildman–Crippen MR) is 71.3 cm³/mol. The molecule has 0 aliphatic carbocycles. The van der Waals surface area contributed by atoms with Crippen LogP contribution in [0.4, 0.5) is 4.39 Å². The number of nitrogens with one attached hydrogen (secondary N) is 1. The van der Waals surface area contributed by atoms with Gasteiger partial charge < -0.3 is 10.4 Å². The zero-order valence-corrected chi connectivity index (χ0v) is 11.1. The Kier molecular flexibility index (Phi) is 4.47. The molecule has 2 N–H and O–H groups in total. The van der Waals surface area contributed by atoms with Gasteiger partial charge in [0.05, 0.1) is 0 Å². The molecule has 20 heavy (non-hydrogen) atoms. The van der Waals surface area contributed by atoms with Crippen molar-refractivity contribution >= 4 is 5.91 Å². The molecule has 1 unspecified atom stereocenters. The van der Waals surface area contributed by atoms with E-state index in [1.807, 2.05) is 13.1 Å². The minimum absolute atomic E-state index is 0.365. The summed E-state index contributed by atoms with van der Waals surface area (Å²) in [6, 6.07) is 7.06. The highest BCUT2D eigenvalue weighted by molar-refractivity contribution is 5.81. The monoisotopic (exact) mass is 277 g/mol. The highest BCUT2D eigenvalue weighted by Crippen LogP contribution is 2.13. The van der Waals surface area contributed by atoms with Crippen molar-refractivity contribution in [1.29, 1.82) is 0 Å². The number of hydrogen-bond acceptors (Lipinski definition) is 3. The van der Waals surface area contributed by atoms with Crippen LogP contribution in [-0.2, 0) is 18.3 Å². The summed E-state index contributed by atoms with van der Waals surface area (Å²) >= 11 is 0. The van der Waals surface area contributed by atoms with Gasteiger partial charge in [-0.15, -0.1) is 0 Å². The predicted octanol–water partition coefficient (Wildman–Crippen LogP) is 0.951. The SMILES string of the molecule is Cn1nccc1CCNC(=O)C(O)c1ccc(F)cc1. The maximum atomic E-state index is 12.8. The Morgan fingerprint density at radius 2 is 2.10 bits per heavy atom. The van der Waals surface area contributed by atoms with Crippen LogP contribution in [0.3, 0.4) is 0 Å². The third kappa shape index (κ3) is 3.42. The molecule has 1 heterocycles. The maximum absolute atomic E-state index is 12.8. The molecular formula is C14H16FN3O2. The van der Waals surface area contributed by atoms with Crippen molar-refractivity contribution in [1.82, 2.24) is 15.1 Å². The van der Waals surface area contributed by atoms with Crippen molar-refractivity contribution in [3.8, 4) is 0 Å². The van der Waals surface area contributed by atoms with Crippen LogP contribution in [0.1, 0.15) is 17.4 Å². The van der Waals surface area contributed by atoms with E-state index in [2.05, 4.69) is 10.4 Å². The summed E-state index contributed by atoms with van der Waals surface area (Å²) in [5.41, 5.74) is 1.35. The van der Waals surface area contributed by atoms with Crippen LogP contribution in [0.25, 0.3) is 0 Å². The lowest BCUT2D eigenvalue weighted by atomic mass is 10.1. The van der Waals surface area contributed by atoms with Crippen molar-refractivity contribution in [2.45, 2.75) is 12.5 Å². The molecule has 0 fully saturated rings. The van der Waals surface area contributed by atoms with Gasteiger partial charge in [0.15, 0.2) is 6.10 Å². The van der Waals surface area contributed by atoms with E-state index in [1.54, 1.807) is 10.9 Å². The molecule has 0 radical (unpaired) electrons. The second kappa shape index (κ2) is 6.29. The molecule has 0 saturated heterocycles. The minimum Gasteiger partial charge on any atom is -0.378 e. The fourth-order valence-corrected chi connectivity index (χ4v) is 1.85. The Labute approximate surface area is 116 Å². The molecule has 0 saturated carbocycles. The summed E-state index contributed by atoms with van der Waals surface area (Å²) in [6.45, 7) is 0.399. The standard InChI is InChI=1S/C14H16FN3O2/c1-18-12(7-9-17-18)6-8-16-14(20)13(19)10-2-4-11(15)5-3-10/h2-5,7,9,13,19H,6,8H2,1H3,(H,16,20). The molecule has 2 rings (SSSR count). The van der Waals surface area contributed by atoms with Gasteiger partial charge in [-0.05, 0) is 23.8 Å². The molecule has 1 atom stereocenters. The second-order valence-corrected chi connectivity index (χ2v) is 4.44. The molecule has 1 amide bonds. The van der Waals surface area contributed by atoms with Gasteiger partial charge in [-0.3, -0.25) is 9.48 Å². The Balaban J connectivity index is 1.85. The largest absolute Gasteiger partial charge is 0.378 e. The zero-order chi connectivity index (χ0) is 14.5. The molecule has 0 spiro atoms. The lowest BCUT2D eigenvalue weighted by Gasteiger charge is -2.11. The van der Waals surface area contributed by atoms with Crippen LogP contribution in [0, 0.1) is 5.82 Å². The van der Waals surface area contributed by atoms with Gasteiger partial charge in [-0.25, -0.2) is 4.39 Å². The number of aryl methyl sites for hydroxylation is 1. The summed E-state index contributed by atoms with van der Waals surface area (Å²) in [5, 5.41) is 16.5. The molecule has 0 aliphatic heterocycles. The van der Waals surface area contributed by atoms with Crippen molar-refractivity contribution in [2.75, 3.05) is 6.54 Å². The van der Waals surface area contributed by atoms with Crippen molar-refractivity contribution in [3.05, 3.63) is 53.6 Å². The molecule has 0 aliphatic rings. The first kappa shape index (κ1) is 14.2. The number of aliphatic hydroxyl groups is 1. The number of aliphatic hydroxyl groups excluding tert-OH is 1. The first-order valence-corrected chi connectivity index (χ1v) is 6.26. The first-order chi connectivity index (χ1) is 9.58. The lowest BCUT2D eigenvalue weighted by Crippen LogP contribution is -2.31. The number of halogens is 1. The molecular weight excluding hydrogens is 261 g/mol. The highest BCUT2D eigenvalue weighted by Gasteiger charge is 2.16. The quantitative estimate of drug-likeness (QED) is 0.855. The molecule has 106 valence electrons. The van der Waals surface area contributed by atoms with E-state index in [9.17, 15) is 14.3 Å². The molecule has 6 heteroatoms. The Hall–Kier alpha value is -2.21. The van der Waals surface area contributed by atoms with E-state index in [0.29, 0.717) is 18.5 Å². The lowest BCUT2D eigenvalue weighted by molar-refractivity contribution is -0.129. The van der Waals surface area contributed by atoms with Crippen LogP contribution in [-0.4, -0.2) is 27.3 Å². The van der Waals surface area contributed by atoms with Crippen LogP contribution in [0.5, 0.6) is 0 Å². The molecule has 5 nitrogen and oxygen atoms in total. The normalized spacial score (nSPS) is 12.2. The van der Waals surface area contributed by atoms with Crippen LogP contribution in [0.2, 0.25) is 0 Å². The number of hydrogen-bond donors (Lipinski definition) is 2. The Bertz CT molecular complexity index is 580. The Morgan fingerprint density at radius 3 is 2.70 bits per heavy atom. The topological polar surface area (TPSA) is 67.2 Å². The number of amides is 1. The summed E-state index contributed by atoms with van der Waals surface area (Å²) in [7, 11) is 1.82. The maximum Gasteiger partial charge on any atom is 0.253 e. The first-order valence-electron chi connectivity index (χ1n) is 6.26.